The van der Waals surface area contributed by atoms with Gasteiger partial charge >= 0.3 is 5.69 Å². The Morgan fingerprint density at radius 3 is 2.76 bits per heavy atom. The first kappa shape index (κ1) is 32.3. The number of aliphatic imine (C=N–C) groups is 1. The summed E-state index contributed by atoms with van der Waals surface area (Å²) in [7, 11) is 0. The Morgan fingerprint density at radius 1 is 1.20 bits per heavy atom. The van der Waals surface area contributed by atoms with Crippen molar-refractivity contribution in [2.24, 2.45) is 28.1 Å². The van der Waals surface area contributed by atoms with Gasteiger partial charge in [0, 0.05) is 41.8 Å². The summed E-state index contributed by atoms with van der Waals surface area (Å²) in [5.74, 6) is 0.506. The molecule has 6 rings (SSSR count). The maximum absolute atomic E-state index is 15.2. The van der Waals surface area contributed by atoms with Crippen molar-refractivity contribution in [2.45, 2.75) is 69.6 Å². The predicted octanol–water partition coefficient (Wildman–Crippen LogP) is 3.93. The lowest BCUT2D eigenvalue weighted by molar-refractivity contribution is 0.226. The van der Waals surface area contributed by atoms with Crippen LogP contribution in [0.3, 0.4) is 0 Å². The number of nitrogens with two attached hydrogens (primary N) is 3. The van der Waals surface area contributed by atoms with Crippen LogP contribution < -0.4 is 33.5 Å². The molecule has 2 aliphatic heterocycles. The van der Waals surface area contributed by atoms with E-state index in [1.54, 1.807) is 24.4 Å². The molecule has 12 heteroatoms. The van der Waals surface area contributed by atoms with Gasteiger partial charge in [0.05, 0.1) is 29.0 Å². The van der Waals surface area contributed by atoms with Gasteiger partial charge in [0.25, 0.3) is 0 Å². The molecule has 4 heterocycles. The summed E-state index contributed by atoms with van der Waals surface area (Å²) >= 11 is 6.27. The van der Waals surface area contributed by atoms with E-state index in [0.29, 0.717) is 45.8 Å². The highest BCUT2D eigenvalue weighted by molar-refractivity contribution is 6.31. The standard InChI is InChI=1S/C34H43ClFN9O/c1-19(38)3-2-4-20-11-26(32(36)27(35)12-20)30-13-23-18-45(34(46)44-33(23)43-30)25-8-5-21(6-9-25)28-10-7-22-16-40-17-24(14-29(22)42-28)41-31(39)15-37/h5-6,8-9,11-13,18-19,22,24,28-29,40,42H,2-4,7,10,14-17,37-38H2,1H3,(H2,39,41)(H,43,44,46)/t19-,22?,24-,28-,29+/m0/s1. The van der Waals surface area contributed by atoms with E-state index < -0.39 is 11.5 Å². The second-order valence-electron chi connectivity index (χ2n) is 12.8. The fourth-order valence-corrected chi connectivity index (χ4v) is 7.07. The summed E-state index contributed by atoms with van der Waals surface area (Å²) in [4.78, 5) is 25.1. The summed E-state index contributed by atoms with van der Waals surface area (Å²) in [6.45, 7) is 3.99. The van der Waals surface area contributed by atoms with Crippen molar-refractivity contribution in [1.82, 2.24) is 25.2 Å². The summed E-state index contributed by atoms with van der Waals surface area (Å²) in [6, 6.07) is 14.0. The summed E-state index contributed by atoms with van der Waals surface area (Å²) in [5.41, 5.74) is 21.1. The second-order valence-corrected chi connectivity index (χ2v) is 13.2. The molecule has 2 aromatic heterocycles. The molecule has 2 aliphatic rings. The van der Waals surface area contributed by atoms with E-state index in [9.17, 15) is 4.79 Å². The Bertz CT molecular complexity index is 1770. The zero-order valence-electron chi connectivity index (χ0n) is 26.1. The third-order valence-electron chi connectivity index (χ3n) is 9.27. The van der Waals surface area contributed by atoms with Crippen LogP contribution in [0.2, 0.25) is 5.02 Å². The van der Waals surface area contributed by atoms with Gasteiger partial charge in [-0.3, -0.25) is 9.56 Å². The zero-order chi connectivity index (χ0) is 32.4. The van der Waals surface area contributed by atoms with Crippen LogP contribution in [0.15, 0.2) is 58.4 Å². The van der Waals surface area contributed by atoms with Gasteiger partial charge in [0.2, 0.25) is 0 Å². The van der Waals surface area contributed by atoms with Crippen molar-refractivity contribution in [3.8, 4) is 16.9 Å². The largest absolute Gasteiger partial charge is 0.386 e. The summed E-state index contributed by atoms with van der Waals surface area (Å²) < 4.78 is 16.7. The molecule has 2 aromatic carbocycles. The normalized spacial score (nSPS) is 22.8. The van der Waals surface area contributed by atoms with Gasteiger partial charge in [-0.25, -0.2) is 9.18 Å². The molecule has 10 nitrogen and oxygen atoms in total. The van der Waals surface area contributed by atoms with Crippen LogP contribution in [-0.4, -0.2) is 58.1 Å². The van der Waals surface area contributed by atoms with Gasteiger partial charge < -0.3 is 32.8 Å². The van der Waals surface area contributed by atoms with E-state index in [-0.39, 0.29) is 29.7 Å². The van der Waals surface area contributed by atoms with Crippen LogP contribution in [-0.2, 0) is 6.42 Å². The molecule has 4 aromatic rings. The fraction of sp³-hybridized carbons (Fsp3) is 0.441. The number of benzene rings is 2. The van der Waals surface area contributed by atoms with E-state index in [4.69, 9.17) is 28.8 Å². The van der Waals surface area contributed by atoms with Crippen LogP contribution >= 0.6 is 11.6 Å². The number of piperidine rings is 1. The molecular formula is C34H43ClFN9O. The zero-order valence-corrected chi connectivity index (χ0v) is 26.9. The van der Waals surface area contributed by atoms with Crippen molar-refractivity contribution in [2.75, 3.05) is 19.6 Å². The molecule has 46 heavy (non-hydrogen) atoms. The van der Waals surface area contributed by atoms with E-state index >= 15 is 4.39 Å². The van der Waals surface area contributed by atoms with E-state index in [2.05, 4.69) is 37.7 Å². The number of rotatable bonds is 9. The quantitative estimate of drug-likeness (QED) is 0.118. The van der Waals surface area contributed by atoms with Gasteiger partial charge in [0.15, 0.2) is 5.82 Å². The number of aromatic nitrogens is 3. The lowest BCUT2D eigenvalue weighted by Gasteiger charge is -2.37. The Kier molecular flexibility index (Phi) is 9.86. The minimum Gasteiger partial charge on any atom is -0.386 e. The van der Waals surface area contributed by atoms with Crippen LogP contribution in [0.4, 0.5) is 4.39 Å². The maximum atomic E-state index is 15.2. The first-order valence-electron chi connectivity index (χ1n) is 16.1. The average Bonchev–Trinajstić information content (AvgIpc) is 3.34. The topological polar surface area (TPSA) is 165 Å². The van der Waals surface area contributed by atoms with Crippen molar-refractivity contribution < 1.29 is 4.39 Å². The molecular weight excluding hydrogens is 605 g/mol. The van der Waals surface area contributed by atoms with Gasteiger partial charge in [0.1, 0.15) is 11.5 Å². The van der Waals surface area contributed by atoms with Crippen LogP contribution in [0.25, 0.3) is 28.0 Å². The fourth-order valence-electron chi connectivity index (χ4n) is 6.83. The molecule has 0 aliphatic carbocycles. The van der Waals surface area contributed by atoms with Crippen LogP contribution in [0.5, 0.6) is 0 Å². The number of nitrogens with zero attached hydrogens (tertiary/aromatic N) is 3. The van der Waals surface area contributed by atoms with E-state index in [1.165, 1.54) is 10.1 Å². The Morgan fingerprint density at radius 2 is 2.00 bits per heavy atom. The summed E-state index contributed by atoms with van der Waals surface area (Å²) in [5, 5.41) is 8.15. The highest BCUT2D eigenvalue weighted by atomic mass is 35.5. The Hall–Kier alpha value is -3.61. The molecule has 0 saturated carbocycles. The first-order valence-corrected chi connectivity index (χ1v) is 16.5. The van der Waals surface area contributed by atoms with Crippen molar-refractivity contribution in [3.05, 3.63) is 81.1 Å². The third kappa shape index (κ3) is 7.19. The SMILES string of the molecule is C[C@H](N)CCCc1cc(Cl)c(F)c(-c2cc3cn(-c4ccc([C@@H]5CCC6CNC[C@@H](N=C(N)CN)C[C@H]6N5)cc4)c(=O)nc3[nH]2)c1. The maximum Gasteiger partial charge on any atom is 0.354 e. The van der Waals surface area contributed by atoms with Crippen LogP contribution in [0, 0.1) is 11.7 Å². The molecule has 244 valence electrons. The number of hydrogen-bond acceptors (Lipinski definition) is 7. The number of halogens is 2. The second kappa shape index (κ2) is 14.0. The number of amidine groups is 1. The molecule has 0 spiro atoms. The van der Waals surface area contributed by atoms with Crippen molar-refractivity contribution in [1.29, 1.82) is 0 Å². The van der Waals surface area contributed by atoms with Gasteiger partial charge in [-0.2, -0.15) is 4.98 Å². The van der Waals surface area contributed by atoms with Crippen molar-refractivity contribution in [3.63, 3.8) is 0 Å². The van der Waals surface area contributed by atoms with E-state index in [1.807, 2.05) is 19.1 Å². The Labute approximate surface area is 273 Å². The molecule has 1 unspecified atom stereocenters. The van der Waals surface area contributed by atoms with Crippen LogP contribution in [0.1, 0.15) is 56.2 Å². The number of nitrogens with one attached hydrogen (secondary N) is 3. The first-order chi connectivity index (χ1) is 22.2. The molecule has 5 atom stereocenters. The number of H-pyrrole nitrogens is 1. The molecule has 0 amide bonds. The average molecular weight is 648 g/mol. The number of aromatic amines is 1. The molecule has 2 saturated heterocycles. The molecule has 0 radical (unpaired) electrons. The number of aryl methyl sites for hydroxylation is 1. The lowest BCUT2D eigenvalue weighted by Crippen LogP contribution is -2.45. The molecule has 0 bridgehead atoms. The number of fused-ring (bicyclic) bond motifs is 2. The number of hydrogen-bond donors (Lipinski definition) is 6. The van der Waals surface area contributed by atoms with Gasteiger partial charge in [-0.1, -0.05) is 23.7 Å². The van der Waals surface area contributed by atoms with Gasteiger partial charge in [-0.05, 0) is 99.4 Å². The molecule has 9 N–H and O–H groups in total. The Balaban J connectivity index is 1.20. The monoisotopic (exact) mass is 647 g/mol. The minimum atomic E-state index is -0.513. The lowest BCUT2D eigenvalue weighted by atomic mass is 9.83. The molecule has 2 fully saturated rings. The highest BCUT2D eigenvalue weighted by Crippen LogP contribution is 2.34. The van der Waals surface area contributed by atoms with Gasteiger partial charge in [-0.15, -0.1) is 0 Å². The minimum absolute atomic E-state index is 0.0582. The van der Waals surface area contributed by atoms with Crippen molar-refractivity contribution >= 4 is 28.5 Å². The smallest absolute Gasteiger partial charge is 0.354 e. The summed E-state index contributed by atoms with van der Waals surface area (Å²) in [6.07, 6.45) is 7.25. The predicted molar refractivity (Wildman–Crippen MR) is 183 cm³/mol. The third-order valence-corrected chi connectivity index (χ3v) is 9.54. The van der Waals surface area contributed by atoms with E-state index in [0.717, 1.165) is 57.2 Å². The highest BCUT2D eigenvalue weighted by Gasteiger charge is 2.34.